The molecule has 1 aliphatic carbocycles. The molecule has 0 radical (unpaired) electrons. The molecule has 0 saturated heterocycles. The summed E-state index contributed by atoms with van der Waals surface area (Å²) in [7, 11) is -29.7. The van der Waals surface area contributed by atoms with E-state index in [1.807, 2.05) is 0 Å². The lowest BCUT2D eigenvalue weighted by Gasteiger charge is -2.48. The summed E-state index contributed by atoms with van der Waals surface area (Å²) in [6.45, 7) is 0. The summed E-state index contributed by atoms with van der Waals surface area (Å²) < 4.78 is 85.0. The first-order valence-corrected chi connectivity index (χ1v) is 17.5. The van der Waals surface area contributed by atoms with Crippen LogP contribution in [0.5, 0.6) is 0 Å². The van der Waals surface area contributed by atoms with E-state index in [1.165, 1.54) is 18.2 Å². The van der Waals surface area contributed by atoms with Crippen molar-refractivity contribution in [3.05, 3.63) is 35.9 Å². The highest BCUT2D eigenvalue weighted by Crippen LogP contribution is 2.55. The fourth-order valence-corrected chi connectivity index (χ4v) is 6.20. The monoisotopic (exact) mass is 684 g/mol. The summed E-state index contributed by atoms with van der Waals surface area (Å²) in [5.41, 5.74) is -0.374. The van der Waals surface area contributed by atoms with Gasteiger partial charge in [0.15, 0.2) is 6.10 Å². The molecule has 1 aliphatic rings. The number of phosphoric ester groups is 5. The van der Waals surface area contributed by atoms with Gasteiger partial charge in [0.05, 0.1) is 5.56 Å². The number of benzene rings is 1. The molecule has 1 saturated carbocycles. The smallest absolute Gasteiger partial charge is 0.453 e. The van der Waals surface area contributed by atoms with Gasteiger partial charge >= 0.3 is 45.1 Å². The number of esters is 1. The number of rotatable bonds is 12. The van der Waals surface area contributed by atoms with E-state index in [-0.39, 0.29) is 5.56 Å². The SMILES string of the molecule is O=C(OC1[C@@H](OP(=O)(O)O)[C@H](OP(=O)(O)O)C(OP(=O)(O)O)[C@H](OP(=O)(O)O)[C@H]1OP(=O)(O)O)c1ccccc1. The molecule has 230 valence electrons. The van der Waals surface area contributed by atoms with Crippen LogP contribution >= 0.6 is 39.1 Å². The van der Waals surface area contributed by atoms with Crippen LogP contribution in [0.1, 0.15) is 10.4 Å². The largest absolute Gasteiger partial charge is 0.470 e. The van der Waals surface area contributed by atoms with Crippen molar-refractivity contribution in [1.82, 2.24) is 0 Å². The average Bonchev–Trinajstić information content (AvgIpc) is 2.72. The van der Waals surface area contributed by atoms with Crippen molar-refractivity contribution >= 4 is 45.1 Å². The summed E-state index contributed by atoms with van der Waals surface area (Å²) in [4.78, 5) is 106. The number of hydrogen-bond acceptors (Lipinski definition) is 12. The van der Waals surface area contributed by atoms with Gasteiger partial charge in [-0.2, -0.15) is 0 Å². The van der Waals surface area contributed by atoms with Crippen molar-refractivity contribution in [2.75, 3.05) is 0 Å². The van der Waals surface area contributed by atoms with E-state index in [4.69, 9.17) is 4.74 Å². The Morgan fingerprint density at radius 3 is 0.975 bits per heavy atom. The Morgan fingerprint density at radius 2 is 0.725 bits per heavy atom. The fourth-order valence-electron chi connectivity index (χ4n) is 3.41. The van der Waals surface area contributed by atoms with E-state index in [0.717, 1.165) is 12.1 Å². The molecule has 2 unspecified atom stereocenters. The van der Waals surface area contributed by atoms with Gasteiger partial charge < -0.3 is 53.7 Å². The fraction of sp³-hybridized carbons (Fsp3) is 0.462. The van der Waals surface area contributed by atoms with E-state index in [9.17, 15) is 76.6 Å². The summed E-state index contributed by atoms with van der Waals surface area (Å²) >= 11 is 0. The predicted molar refractivity (Wildman–Crippen MR) is 120 cm³/mol. The van der Waals surface area contributed by atoms with Crippen LogP contribution in [0.2, 0.25) is 0 Å². The van der Waals surface area contributed by atoms with Crippen LogP contribution in [-0.2, 0) is 50.2 Å². The van der Waals surface area contributed by atoms with Crippen molar-refractivity contribution in [2.45, 2.75) is 36.6 Å². The lowest BCUT2D eigenvalue weighted by atomic mass is 9.85. The third kappa shape index (κ3) is 11.9. The van der Waals surface area contributed by atoms with Crippen LogP contribution in [0.4, 0.5) is 0 Å². The first-order valence-electron chi connectivity index (χ1n) is 9.81. The average molecular weight is 684 g/mol. The second-order valence-electron chi connectivity index (χ2n) is 7.54. The van der Waals surface area contributed by atoms with Crippen LogP contribution in [0.3, 0.4) is 0 Å². The molecule has 1 aromatic carbocycles. The Bertz CT molecular complexity index is 1210. The minimum Gasteiger partial charge on any atom is -0.453 e. The predicted octanol–water partition coefficient (Wildman–Crippen LogP) is -1.38. The Morgan fingerprint density at radius 1 is 0.475 bits per heavy atom. The van der Waals surface area contributed by atoms with Gasteiger partial charge in [0, 0.05) is 0 Å². The molecule has 0 aromatic heterocycles. The van der Waals surface area contributed by atoms with Crippen molar-refractivity contribution in [3.63, 3.8) is 0 Å². The Kier molecular flexibility index (Phi) is 11.4. The molecule has 22 nitrogen and oxygen atoms in total. The Hall–Kier alpha value is -0.760. The molecule has 0 amide bonds. The normalized spacial score (nSPS) is 26.9. The minimum absolute atomic E-state index is 0.374. The lowest BCUT2D eigenvalue weighted by Crippen LogP contribution is -2.67. The summed E-state index contributed by atoms with van der Waals surface area (Å²) in [6.07, 6.45) is -17.6. The highest BCUT2D eigenvalue weighted by Gasteiger charge is 2.62. The molecule has 27 heteroatoms. The van der Waals surface area contributed by atoms with Crippen molar-refractivity contribution < 1.29 is 104 Å². The molecular weight excluding hydrogens is 663 g/mol. The van der Waals surface area contributed by atoms with Gasteiger partial charge in [-0.15, -0.1) is 0 Å². The zero-order chi connectivity index (χ0) is 30.9. The Balaban J connectivity index is 2.88. The Labute approximate surface area is 222 Å². The number of carbonyl (C=O) groups is 1. The van der Waals surface area contributed by atoms with Gasteiger partial charge in [0.2, 0.25) is 0 Å². The van der Waals surface area contributed by atoms with Gasteiger partial charge in [-0.25, -0.2) is 27.6 Å². The van der Waals surface area contributed by atoms with Crippen LogP contribution in [0.15, 0.2) is 30.3 Å². The second-order valence-corrected chi connectivity index (χ2v) is 13.5. The van der Waals surface area contributed by atoms with Gasteiger partial charge in [0.1, 0.15) is 30.5 Å². The lowest BCUT2D eigenvalue weighted by molar-refractivity contribution is -0.205. The summed E-state index contributed by atoms with van der Waals surface area (Å²) in [5.74, 6) is -1.51. The number of phosphoric acid groups is 5. The zero-order valence-corrected chi connectivity index (χ0v) is 23.4. The number of ether oxygens (including phenoxy) is 1. The van der Waals surface area contributed by atoms with Crippen molar-refractivity contribution in [3.8, 4) is 0 Å². The second kappa shape index (κ2) is 12.9. The molecule has 1 aromatic rings. The maximum Gasteiger partial charge on any atom is 0.470 e. The molecular formula is C13H21O22P5. The van der Waals surface area contributed by atoms with Crippen LogP contribution < -0.4 is 0 Å². The number of carbonyl (C=O) groups excluding carboxylic acids is 1. The van der Waals surface area contributed by atoms with Crippen LogP contribution in [-0.4, -0.2) is 91.5 Å². The topological polar surface area (TPSA) is 360 Å². The summed E-state index contributed by atoms with van der Waals surface area (Å²) in [6, 6.07) is 6.11. The summed E-state index contributed by atoms with van der Waals surface area (Å²) in [5, 5.41) is 0. The molecule has 2 rings (SSSR count). The van der Waals surface area contributed by atoms with Gasteiger partial charge in [0.25, 0.3) is 0 Å². The van der Waals surface area contributed by atoms with Gasteiger partial charge in [-0.1, -0.05) is 18.2 Å². The van der Waals surface area contributed by atoms with Crippen LogP contribution in [0.25, 0.3) is 0 Å². The molecule has 10 N–H and O–H groups in total. The molecule has 0 bridgehead atoms. The highest BCUT2D eigenvalue weighted by molar-refractivity contribution is 7.47. The molecule has 0 spiro atoms. The van der Waals surface area contributed by atoms with E-state index in [0.29, 0.717) is 0 Å². The maximum absolute atomic E-state index is 12.8. The van der Waals surface area contributed by atoms with Crippen molar-refractivity contribution in [1.29, 1.82) is 0 Å². The standard InChI is InChI=1S/C13H21O22P5/c14-13(6-4-2-1-3-5-6)30-7-8(31-36(15,16)17)10(33-38(21,22)23)12(35-40(27,28)29)11(34-39(24,25)26)9(7)32-37(18,19)20/h1-5,7-12H,(H2,15,16,17)(H2,18,19,20)(H2,21,22,23)(H2,24,25,26)(H2,27,28,29)/t7?,8-,9+,10+,11-,12?. The van der Waals surface area contributed by atoms with E-state index in [2.05, 4.69) is 22.6 Å². The molecule has 40 heavy (non-hydrogen) atoms. The quantitative estimate of drug-likeness (QED) is 0.0895. The molecule has 0 heterocycles. The number of hydrogen-bond donors (Lipinski definition) is 10. The molecule has 0 aliphatic heterocycles. The zero-order valence-electron chi connectivity index (χ0n) is 19.0. The van der Waals surface area contributed by atoms with E-state index in [1.54, 1.807) is 0 Å². The van der Waals surface area contributed by atoms with E-state index >= 15 is 0 Å². The van der Waals surface area contributed by atoms with Gasteiger partial charge in [-0.3, -0.25) is 22.6 Å². The maximum atomic E-state index is 12.8. The highest BCUT2D eigenvalue weighted by atomic mass is 31.2. The third-order valence-electron chi connectivity index (χ3n) is 4.49. The third-order valence-corrected chi connectivity index (χ3v) is 7.08. The van der Waals surface area contributed by atoms with Crippen LogP contribution in [0, 0.1) is 0 Å². The van der Waals surface area contributed by atoms with E-state index < -0.39 is 81.7 Å². The first-order chi connectivity index (χ1) is 17.9. The van der Waals surface area contributed by atoms with Gasteiger partial charge in [-0.05, 0) is 12.1 Å². The molecule has 6 atom stereocenters. The first kappa shape index (κ1) is 35.4. The van der Waals surface area contributed by atoms with Crippen molar-refractivity contribution in [2.24, 2.45) is 0 Å². The minimum atomic E-state index is -5.96. The molecule has 1 fully saturated rings.